The van der Waals surface area contributed by atoms with Crippen LogP contribution in [0.3, 0.4) is 0 Å². The SMILES string of the molecule is Cc1ccc([C@@H]2Cn3nnc(-c4nc(C(C)(C)C)no4)c3CO2)c(C)c1. The number of benzene rings is 1. The summed E-state index contributed by atoms with van der Waals surface area (Å²) in [4.78, 5) is 4.48. The monoisotopic (exact) mass is 353 g/mol. The van der Waals surface area contributed by atoms with E-state index in [1.54, 1.807) is 0 Å². The molecule has 1 aromatic carbocycles. The zero-order chi connectivity index (χ0) is 18.5. The second-order valence-corrected chi connectivity index (χ2v) is 7.90. The summed E-state index contributed by atoms with van der Waals surface area (Å²) in [6.45, 7) is 11.4. The average Bonchev–Trinajstić information content (AvgIpc) is 3.20. The van der Waals surface area contributed by atoms with Crippen molar-refractivity contribution in [3.05, 3.63) is 46.4 Å². The normalized spacial score (nSPS) is 17.3. The largest absolute Gasteiger partial charge is 0.365 e. The van der Waals surface area contributed by atoms with E-state index < -0.39 is 0 Å². The van der Waals surface area contributed by atoms with Crippen molar-refractivity contribution < 1.29 is 9.26 Å². The van der Waals surface area contributed by atoms with Crippen LogP contribution in [0.15, 0.2) is 22.7 Å². The van der Waals surface area contributed by atoms with Crippen molar-refractivity contribution in [2.45, 2.75) is 59.3 Å². The van der Waals surface area contributed by atoms with Crippen molar-refractivity contribution in [2.24, 2.45) is 0 Å². The summed E-state index contributed by atoms with van der Waals surface area (Å²) in [5.41, 5.74) is 4.95. The third kappa shape index (κ3) is 2.92. The molecule has 0 fully saturated rings. The molecule has 7 heteroatoms. The molecule has 1 aliphatic heterocycles. The van der Waals surface area contributed by atoms with Crippen LogP contribution in [0.5, 0.6) is 0 Å². The number of aryl methyl sites for hydroxylation is 2. The van der Waals surface area contributed by atoms with E-state index in [-0.39, 0.29) is 11.5 Å². The van der Waals surface area contributed by atoms with Crippen LogP contribution >= 0.6 is 0 Å². The number of nitrogens with zero attached hydrogens (tertiary/aromatic N) is 5. The lowest BCUT2D eigenvalue weighted by Crippen LogP contribution is -2.22. The van der Waals surface area contributed by atoms with E-state index in [9.17, 15) is 0 Å². The molecule has 0 aliphatic carbocycles. The molecule has 7 nitrogen and oxygen atoms in total. The summed E-state index contributed by atoms with van der Waals surface area (Å²) < 4.78 is 13.4. The van der Waals surface area contributed by atoms with Gasteiger partial charge in [-0.2, -0.15) is 4.98 Å². The first kappa shape index (κ1) is 16.9. The zero-order valence-corrected chi connectivity index (χ0v) is 15.8. The molecule has 3 aromatic rings. The van der Waals surface area contributed by atoms with Gasteiger partial charge in [0.15, 0.2) is 11.5 Å². The summed E-state index contributed by atoms with van der Waals surface area (Å²) in [5.74, 6) is 1.05. The maximum atomic E-state index is 6.12. The summed E-state index contributed by atoms with van der Waals surface area (Å²) in [6, 6.07) is 6.42. The van der Waals surface area contributed by atoms with Crippen molar-refractivity contribution in [1.82, 2.24) is 25.1 Å². The summed E-state index contributed by atoms with van der Waals surface area (Å²) in [5, 5.41) is 12.6. The van der Waals surface area contributed by atoms with E-state index in [0.29, 0.717) is 30.6 Å². The molecule has 0 saturated heterocycles. The fraction of sp³-hybridized carbons (Fsp3) is 0.474. The lowest BCUT2D eigenvalue weighted by Gasteiger charge is -2.25. The van der Waals surface area contributed by atoms with Crippen molar-refractivity contribution >= 4 is 0 Å². The topological polar surface area (TPSA) is 78.9 Å². The minimum Gasteiger partial charge on any atom is -0.365 e. The van der Waals surface area contributed by atoms with Gasteiger partial charge in [-0.1, -0.05) is 54.9 Å². The Balaban J connectivity index is 1.62. The van der Waals surface area contributed by atoms with E-state index in [0.717, 1.165) is 5.69 Å². The molecule has 0 N–H and O–H groups in total. The first-order valence-electron chi connectivity index (χ1n) is 8.78. The van der Waals surface area contributed by atoms with E-state index >= 15 is 0 Å². The highest BCUT2D eigenvalue weighted by Crippen LogP contribution is 2.32. The molecular weight excluding hydrogens is 330 g/mol. The first-order chi connectivity index (χ1) is 12.3. The van der Waals surface area contributed by atoms with E-state index in [1.165, 1.54) is 16.7 Å². The van der Waals surface area contributed by atoms with Gasteiger partial charge >= 0.3 is 0 Å². The van der Waals surface area contributed by atoms with Gasteiger partial charge in [0, 0.05) is 5.41 Å². The first-order valence-corrected chi connectivity index (χ1v) is 8.78. The predicted octanol–water partition coefficient (Wildman–Crippen LogP) is 3.51. The van der Waals surface area contributed by atoms with Gasteiger partial charge in [0.1, 0.15) is 6.10 Å². The number of aromatic nitrogens is 5. The predicted molar refractivity (Wildman–Crippen MR) is 95.5 cm³/mol. The minimum absolute atomic E-state index is 0.0366. The molecule has 0 bridgehead atoms. The van der Waals surface area contributed by atoms with Crippen LogP contribution in [0.2, 0.25) is 0 Å². The Kier molecular flexibility index (Phi) is 3.91. The summed E-state index contributed by atoms with van der Waals surface area (Å²) >= 11 is 0. The fourth-order valence-electron chi connectivity index (χ4n) is 3.18. The average molecular weight is 353 g/mol. The Morgan fingerprint density at radius 3 is 2.69 bits per heavy atom. The van der Waals surface area contributed by atoms with Crippen LogP contribution in [-0.4, -0.2) is 25.1 Å². The van der Waals surface area contributed by atoms with Crippen LogP contribution in [0, 0.1) is 13.8 Å². The van der Waals surface area contributed by atoms with Gasteiger partial charge in [0.2, 0.25) is 0 Å². The number of hydrogen-bond acceptors (Lipinski definition) is 6. The van der Waals surface area contributed by atoms with E-state index in [4.69, 9.17) is 9.26 Å². The van der Waals surface area contributed by atoms with Crippen molar-refractivity contribution in [3.8, 4) is 11.6 Å². The third-order valence-electron chi connectivity index (χ3n) is 4.67. The molecule has 0 spiro atoms. The molecule has 0 saturated carbocycles. The van der Waals surface area contributed by atoms with Crippen molar-refractivity contribution in [3.63, 3.8) is 0 Å². The minimum atomic E-state index is -0.181. The van der Waals surface area contributed by atoms with E-state index in [1.807, 2.05) is 25.5 Å². The van der Waals surface area contributed by atoms with Crippen molar-refractivity contribution in [2.75, 3.05) is 0 Å². The number of hydrogen-bond donors (Lipinski definition) is 0. The van der Waals surface area contributed by atoms with E-state index in [2.05, 4.69) is 52.5 Å². The highest BCUT2D eigenvalue weighted by Gasteiger charge is 2.29. The quantitative estimate of drug-likeness (QED) is 0.701. The fourth-order valence-corrected chi connectivity index (χ4v) is 3.18. The number of ether oxygens (including phenoxy) is 1. The van der Waals surface area contributed by atoms with Crippen LogP contribution in [0.1, 0.15) is 55.1 Å². The zero-order valence-electron chi connectivity index (χ0n) is 15.8. The maximum absolute atomic E-state index is 6.12. The molecule has 0 amide bonds. The molecule has 0 unspecified atom stereocenters. The highest BCUT2D eigenvalue weighted by atomic mass is 16.5. The van der Waals surface area contributed by atoms with Crippen molar-refractivity contribution in [1.29, 1.82) is 0 Å². The second kappa shape index (κ2) is 6.02. The van der Waals surface area contributed by atoms with Crippen LogP contribution in [-0.2, 0) is 23.3 Å². The number of fused-ring (bicyclic) bond motifs is 1. The van der Waals surface area contributed by atoms with Gasteiger partial charge in [-0.05, 0) is 25.0 Å². The Bertz CT molecular complexity index is 951. The van der Waals surface area contributed by atoms with Gasteiger partial charge < -0.3 is 9.26 Å². The molecule has 3 heterocycles. The standard InChI is InChI=1S/C19H23N5O2/c1-11-6-7-13(12(2)8-11)15-9-24-14(10-25-15)16(21-23-24)17-20-18(22-26-17)19(3,4)5/h6-8,15H,9-10H2,1-5H3/t15-/m0/s1. The molecule has 2 aromatic heterocycles. The maximum Gasteiger partial charge on any atom is 0.280 e. The summed E-state index contributed by atoms with van der Waals surface area (Å²) in [6.07, 6.45) is -0.0366. The lowest BCUT2D eigenvalue weighted by atomic mass is 9.96. The molecule has 136 valence electrons. The van der Waals surface area contributed by atoms with Gasteiger partial charge in [-0.25, -0.2) is 4.68 Å². The Labute approximate surface area is 152 Å². The molecular formula is C19H23N5O2. The molecule has 0 radical (unpaired) electrons. The summed E-state index contributed by atoms with van der Waals surface area (Å²) in [7, 11) is 0. The Morgan fingerprint density at radius 2 is 2.00 bits per heavy atom. The van der Waals surface area contributed by atoms with Crippen LogP contribution in [0.4, 0.5) is 0 Å². The highest BCUT2D eigenvalue weighted by molar-refractivity contribution is 5.50. The van der Waals surface area contributed by atoms with Crippen LogP contribution < -0.4 is 0 Å². The smallest absolute Gasteiger partial charge is 0.280 e. The molecule has 1 aliphatic rings. The van der Waals surface area contributed by atoms with Crippen LogP contribution in [0.25, 0.3) is 11.6 Å². The molecule has 4 rings (SSSR count). The molecule has 1 atom stereocenters. The van der Waals surface area contributed by atoms with Gasteiger partial charge in [-0.3, -0.25) is 0 Å². The van der Waals surface area contributed by atoms with Gasteiger partial charge in [0.05, 0.1) is 18.8 Å². The molecule has 26 heavy (non-hydrogen) atoms. The third-order valence-corrected chi connectivity index (χ3v) is 4.67. The van der Waals surface area contributed by atoms with Gasteiger partial charge in [0.25, 0.3) is 5.89 Å². The second-order valence-electron chi connectivity index (χ2n) is 7.90. The lowest BCUT2D eigenvalue weighted by molar-refractivity contribution is -0.00153. The number of rotatable bonds is 2. The Hall–Kier alpha value is -2.54. The Morgan fingerprint density at radius 1 is 1.19 bits per heavy atom. The van der Waals surface area contributed by atoms with Gasteiger partial charge in [-0.15, -0.1) is 5.10 Å².